The minimum absolute atomic E-state index is 0.0119. The smallest absolute Gasteiger partial charge is 0.235 e. The van der Waals surface area contributed by atoms with Gasteiger partial charge in [0.15, 0.2) is 0 Å². The van der Waals surface area contributed by atoms with Crippen LogP contribution in [0.25, 0.3) is 0 Å². The molecule has 0 aromatic heterocycles. The Hall–Kier alpha value is -1.12. The second-order valence-corrected chi connectivity index (χ2v) is 6.80. The molecule has 2 rings (SSSR count). The number of nitrogens with zero attached hydrogens (tertiary/aromatic N) is 3. The Morgan fingerprint density at radius 3 is 2.67 bits per heavy atom. The summed E-state index contributed by atoms with van der Waals surface area (Å²) < 4.78 is 0. The minimum atomic E-state index is -0.605. The first-order valence-corrected chi connectivity index (χ1v) is 8.16. The van der Waals surface area contributed by atoms with E-state index in [0.29, 0.717) is 12.6 Å². The van der Waals surface area contributed by atoms with Crippen LogP contribution in [0.15, 0.2) is 0 Å². The molecule has 0 aromatic rings. The lowest BCUT2D eigenvalue weighted by Crippen LogP contribution is -2.53. The molecule has 1 atom stereocenters. The third-order valence-electron chi connectivity index (χ3n) is 4.88. The summed E-state index contributed by atoms with van der Waals surface area (Å²) in [5.41, 5.74) is -0.605. The molecule has 2 fully saturated rings. The summed E-state index contributed by atoms with van der Waals surface area (Å²) in [4.78, 5) is 16.8. The predicted molar refractivity (Wildman–Crippen MR) is 82.7 cm³/mol. The number of nitrogens with one attached hydrogen (secondary N) is 1. The summed E-state index contributed by atoms with van der Waals surface area (Å²) in [7, 11) is 4.20. The summed E-state index contributed by atoms with van der Waals surface area (Å²) in [6.07, 6.45) is 7.20. The summed E-state index contributed by atoms with van der Waals surface area (Å²) in [6, 6.07) is 2.89. The van der Waals surface area contributed by atoms with E-state index in [1.165, 1.54) is 12.8 Å². The minimum Gasteiger partial charge on any atom is -0.337 e. The van der Waals surface area contributed by atoms with Crippen LogP contribution in [0.4, 0.5) is 0 Å². The van der Waals surface area contributed by atoms with E-state index in [1.807, 2.05) is 0 Å². The average Bonchev–Trinajstić information content (AvgIpc) is 2.48. The van der Waals surface area contributed by atoms with Gasteiger partial charge >= 0.3 is 0 Å². The summed E-state index contributed by atoms with van der Waals surface area (Å²) in [6.45, 7) is 2.35. The highest BCUT2D eigenvalue weighted by Crippen LogP contribution is 2.27. The maximum absolute atomic E-state index is 12.3. The number of carbonyl (C=O) groups excluding carboxylic acids is 1. The number of likely N-dealkylation sites (tertiary alicyclic amines) is 1. The Bertz CT molecular complexity index is 396. The maximum Gasteiger partial charge on any atom is 0.235 e. The van der Waals surface area contributed by atoms with E-state index in [9.17, 15) is 10.1 Å². The van der Waals surface area contributed by atoms with E-state index in [1.54, 1.807) is 0 Å². The van der Waals surface area contributed by atoms with Gasteiger partial charge in [0, 0.05) is 12.6 Å². The van der Waals surface area contributed by atoms with E-state index in [0.717, 1.165) is 45.2 Å². The Morgan fingerprint density at radius 2 is 2.05 bits per heavy atom. The topological polar surface area (TPSA) is 59.4 Å². The molecular formula is C16H28N4O. The van der Waals surface area contributed by atoms with Gasteiger partial charge in [-0.2, -0.15) is 5.26 Å². The first-order valence-electron chi connectivity index (χ1n) is 8.16. The average molecular weight is 292 g/mol. The molecule has 1 unspecified atom stereocenters. The van der Waals surface area contributed by atoms with Gasteiger partial charge in [-0.05, 0) is 46.3 Å². The Kier molecular flexibility index (Phi) is 5.60. The van der Waals surface area contributed by atoms with E-state index < -0.39 is 5.54 Å². The van der Waals surface area contributed by atoms with Crippen molar-refractivity contribution in [2.45, 2.75) is 56.5 Å². The van der Waals surface area contributed by atoms with Crippen molar-refractivity contribution in [3.8, 4) is 6.07 Å². The third kappa shape index (κ3) is 4.42. The van der Waals surface area contributed by atoms with Crippen molar-refractivity contribution in [2.24, 2.45) is 0 Å². The van der Waals surface area contributed by atoms with Crippen LogP contribution in [0.2, 0.25) is 0 Å². The monoisotopic (exact) mass is 292 g/mol. The summed E-state index contributed by atoms with van der Waals surface area (Å²) in [5, 5.41) is 12.4. The Balaban J connectivity index is 1.85. The molecule has 1 heterocycles. The Labute approximate surface area is 128 Å². The quantitative estimate of drug-likeness (QED) is 0.850. The normalized spacial score (nSPS) is 26.3. The van der Waals surface area contributed by atoms with Crippen LogP contribution < -0.4 is 5.32 Å². The zero-order valence-electron chi connectivity index (χ0n) is 13.4. The number of carbonyl (C=O) groups is 1. The van der Waals surface area contributed by atoms with Crippen molar-refractivity contribution in [3.63, 3.8) is 0 Å². The number of likely N-dealkylation sites (N-methyl/N-ethyl adjacent to an activating group) is 1. The highest BCUT2D eigenvalue weighted by molar-refractivity contribution is 5.79. The van der Waals surface area contributed by atoms with E-state index in [-0.39, 0.29) is 5.91 Å². The van der Waals surface area contributed by atoms with Gasteiger partial charge in [0.1, 0.15) is 5.54 Å². The van der Waals surface area contributed by atoms with Gasteiger partial charge in [-0.15, -0.1) is 0 Å². The van der Waals surface area contributed by atoms with Crippen molar-refractivity contribution in [1.29, 1.82) is 5.26 Å². The molecular weight excluding hydrogens is 264 g/mol. The predicted octanol–water partition coefficient (Wildman–Crippen LogP) is 1.36. The molecule has 5 nitrogen and oxygen atoms in total. The second kappa shape index (κ2) is 7.24. The fraction of sp³-hybridized carbons (Fsp3) is 0.875. The zero-order chi connectivity index (χ0) is 15.3. The lowest BCUT2D eigenvalue weighted by Gasteiger charge is -2.37. The van der Waals surface area contributed by atoms with E-state index in [4.69, 9.17) is 0 Å². The highest BCUT2D eigenvalue weighted by atomic mass is 16.2. The van der Waals surface area contributed by atoms with Crippen LogP contribution in [0.3, 0.4) is 0 Å². The number of hydrogen-bond acceptors (Lipinski definition) is 4. The van der Waals surface area contributed by atoms with Crippen LogP contribution in [-0.2, 0) is 4.79 Å². The number of amides is 1. The first kappa shape index (κ1) is 16.3. The number of hydrogen-bond donors (Lipinski definition) is 1. The molecule has 0 spiro atoms. The zero-order valence-corrected chi connectivity index (χ0v) is 13.4. The number of rotatable bonds is 4. The molecule has 1 N–H and O–H groups in total. The molecule has 1 saturated carbocycles. The third-order valence-corrected chi connectivity index (χ3v) is 4.88. The van der Waals surface area contributed by atoms with Gasteiger partial charge in [0.25, 0.3) is 0 Å². The summed E-state index contributed by atoms with van der Waals surface area (Å²) >= 11 is 0. The van der Waals surface area contributed by atoms with E-state index in [2.05, 4.69) is 35.3 Å². The fourth-order valence-electron chi connectivity index (χ4n) is 3.53. The van der Waals surface area contributed by atoms with Crippen LogP contribution in [0.1, 0.15) is 44.9 Å². The van der Waals surface area contributed by atoms with Crippen molar-refractivity contribution in [2.75, 3.05) is 33.7 Å². The molecule has 21 heavy (non-hydrogen) atoms. The molecule has 5 heteroatoms. The van der Waals surface area contributed by atoms with Crippen molar-refractivity contribution in [1.82, 2.24) is 15.1 Å². The highest BCUT2D eigenvalue weighted by Gasteiger charge is 2.34. The Morgan fingerprint density at radius 1 is 1.33 bits per heavy atom. The fourth-order valence-corrected chi connectivity index (χ4v) is 3.53. The van der Waals surface area contributed by atoms with Gasteiger partial charge in [-0.3, -0.25) is 9.69 Å². The molecule has 1 saturated heterocycles. The van der Waals surface area contributed by atoms with Gasteiger partial charge in [0.05, 0.1) is 12.6 Å². The molecule has 1 aliphatic heterocycles. The lowest BCUT2D eigenvalue weighted by molar-refractivity contribution is -0.124. The van der Waals surface area contributed by atoms with Crippen molar-refractivity contribution < 1.29 is 4.79 Å². The van der Waals surface area contributed by atoms with Crippen LogP contribution in [-0.4, -0.2) is 61.0 Å². The first-order chi connectivity index (χ1) is 10.0. The molecule has 1 aliphatic carbocycles. The van der Waals surface area contributed by atoms with Gasteiger partial charge in [0.2, 0.25) is 5.91 Å². The SMILES string of the molecule is CN(C)C1CCCN(CC(=O)NC2(C#N)CCCCC2)C1. The molecule has 1 amide bonds. The molecule has 0 aromatic carbocycles. The largest absolute Gasteiger partial charge is 0.337 e. The molecule has 2 aliphatic rings. The van der Waals surface area contributed by atoms with Crippen molar-refractivity contribution in [3.05, 3.63) is 0 Å². The van der Waals surface area contributed by atoms with E-state index >= 15 is 0 Å². The van der Waals surface area contributed by atoms with Crippen LogP contribution in [0, 0.1) is 11.3 Å². The van der Waals surface area contributed by atoms with Gasteiger partial charge in [-0.1, -0.05) is 19.3 Å². The van der Waals surface area contributed by atoms with Crippen LogP contribution >= 0.6 is 0 Å². The van der Waals surface area contributed by atoms with Crippen molar-refractivity contribution >= 4 is 5.91 Å². The van der Waals surface area contributed by atoms with Gasteiger partial charge < -0.3 is 10.2 Å². The second-order valence-electron chi connectivity index (χ2n) is 6.80. The molecule has 0 radical (unpaired) electrons. The maximum atomic E-state index is 12.3. The number of nitriles is 1. The number of piperidine rings is 1. The summed E-state index contributed by atoms with van der Waals surface area (Å²) in [5.74, 6) is 0.0119. The van der Waals surface area contributed by atoms with Gasteiger partial charge in [-0.25, -0.2) is 0 Å². The van der Waals surface area contributed by atoms with Crippen LogP contribution in [0.5, 0.6) is 0 Å². The standard InChI is InChI=1S/C16H28N4O/c1-19(2)14-7-6-10-20(11-14)12-15(21)18-16(13-17)8-4-3-5-9-16/h14H,3-12H2,1-2H3,(H,18,21). The lowest BCUT2D eigenvalue weighted by atomic mass is 9.83. The molecule has 118 valence electrons. The molecule has 0 bridgehead atoms.